The van der Waals surface area contributed by atoms with Crippen molar-refractivity contribution in [2.75, 3.05) is 32.1 Å². The fourth-order valence-electron chi connectivity index (χ4n) is 1.97. The summed E-state index contributed by atoms with van der Waals surface area (Å²) in [5.41, 5.74) is 1.35. The lowest BCUT2D eigenvalue weighted by Gasteiger charge is -2.08. The fourth-order valence-corrected chi connectivity index (χ4v) is 1.97. The summed E-state index contributed by atoms with van der Waals surface area (Å²) in [7, 11) is 1.82. The number of carbonyl (C=O) groups excluding carboxylic acids is 1. The maximum absolute atomic E-state index is 11.8. The van der Waals surface area contributed by atoms with Crippen LogP contribution in [0.3, 0.4) is 0 Å². The van der Waals surface area contributed by atoms with Gasteiger partial charge >= 0.3 is 0 Å². The van der Waals surface area contributed by atoms with E-state index in [4.69, 9.17) is 4.74 Å². The third-order valence-corrected chi connectivity index (χ3v) is 3.15. The van der Waals surface area contributed by atoms with E-state index in [-0.39, 0.29) is 5.91 Å². The maximum atomic E-state index is 11.8. The Bertz CT molecular complexity index is 386. The molecule has 0 aromatic carbocycles. The zero-order chi connectivity index (χ0) is 12.8. The van der Waals surface area contributed by atoms with Crippen molar-refractivity contribution in [3.63, 3.8) is 0 Å². The van der Waals surface area contributed by atoms with Crippen molar-refractivity contribution in [3.8, 4) is 0 Å². The van der Waals surface area contributed by atoms with E-state index in [9.17, 15) is 4.79 Å². The second-order valence-corrected chi connectivity index (χ2v) is 4.46. The van der Waals surface area contributed by atoms with Crippen LogP contribution in [0.4, 0.5) is 5.69 Å². The van der Waals surface area contributed by atoms with Gasteiger partial charge in [-0.05, 0) is 30.9 Å². The number of pyridine rings is 1. The Kier molecular flexibility index (Phi) is 4.52. The molecule has 5 heteroatoms. The molecule has 1 aliphatic rings. The second kappa shape index (κ2) is 6.35. The first kappa shape index (κ1) is 12.8. The molecule has 0 aliphatic carbocycles. The van der Waals surface area contributed by atoms with Crippen LogP contribution in [-0.2, 0) is 4.74 Å². The van der Waals surface area contributed by atoms with E-state index < -0.39 is 0 Å². The van der Waals surface area contributed by atoms with Gasteiger partial charge in [0, 0.05) is 26.8 Å². The smallest absolute Gasteiger partial charge is 0.269 e. The lowest BCUT2D eigenvalue weighted by molar-refractivity contribution is 0.0945. The van der Waals surface area contributed by atoms with Crippen LogP contribution in [0.1, 0.15) is 23.3 Å². The first-order valence-corrected chi connectivity index (χ1v) is 6.29. The molecule has 5 nitrogen and oxygen atoms in total. The lowest BCUT2D eigenvalue weighted by atomic mass is 10.1. The van der Waals surface area contributed by atoms with Crippen molar-refractivity contribution in [1.82, 2.24) is 10.3 Å². The average molecular weight is 249 g/mol. The quantitative estimate of drug-likeness (QED) is 0.825. The van der Waals surface area contributed by atoms with Gasteiger partial charge in [0.15, 0.2) is 0 Å². The van der Waals surface area contributed by atoms with Crippen LogP contribution in [0.25, 0.3) is 0 Å². The van der Waals surface area contributed by atoms with Gasteiger partial charge in [-0.2, -0.15) is 0 Å². The molecule has 1 atom stereocenters. The molecule has 2 heterocycles. The summed E-state index contributed by atoms with van der Waals surface area (Å²) in [4.78, 5) is 15.9. The van der Waals surface area contributed by atoms with Crippen LogP contribution in [-0.4, -0.2) is 37.7 Å². The Morgan fingerprint density at radius 1 is 1.56 bits per heavy atom. The Morgan fingerprint density at radius 2 is 2.44 bits per heavy atom. The summed E-state index contributed by atoms with van der Waals surface area (Å²) in [5, 5.41) is 5.85. The number of rotatable bonds is 5. The van der Waals surface area contributed by atoms with Gasteiger partial charge in [-0.1, -0.05) is 0 Å². The van der Waals surface area contributed by atoms with Gasteiger partial charge in [-0.15, -0.1) is 0 Å². The molecule has 1 fully saturated rings. The molecule has 18 heavy (non-hydrogen) atoms. The molecule has 1 aromatic heterocycles. The van der Waals surface area contributed by atoms with Gasteiger partial charge < -0.3 is 15.4 Å². The molecule has 1 aromatic rings. The van der Waals surface area contributed by atoms with E-state index in [0.29, 0.717) is 18.2 Å². The second-order valence-electron chi connectivity index (χ2n) is 4.46. The molecular formula is C13H19N3O2. The number of hydrogen-bond acceptors (Lipinski definition) is 4. The van der Waals surface area contributed by atoms with Gasteiger partial charge in [0.2, 0.25) is 0 Å². The largest absolute Gasteiger partial charge is 0.387 e. The molecule has 0 radical (unpaired) electrons. The number of nitrogens with one attached hydrogen (secondary N) is 2. The minimum atomic E-state index is -0.114. The molecule has 2 N–H and O–H groups in total. The van der Waals surface area contributed by atoms with Gasteiger partial charge in [-0.25, -0.2) is 4.98 Å². The molecule has 1 saturated heterocycles. The number of nitrogens with zero attached hydrogens (tertiary/aromatic N) is 1. The Balaban J connectivity index is 1.76. The first-order chi connectivity index (χ1) is 8.79. The van der Waals surface area contributed by atoms with Crippen molar-refractivity contribution < 1.29 is 9.53 Å². The van der Waals surface area contributed by atoms with Crippen molar-refractivity contribution in [2.24, 2.45) is 5.92 Å². The molecule has 1 unspecified atom stereocenters. The number of ether oxygens (including phenoxy) is 1. The van der Waals surface area contributed by atoms with Crippen molar-refractivity contribution in [2.45, 2.75) is 12.8 Å². The van der Waals surface area contributed by atoms with E-state index in [0.717, 1.165) is 31.7 Å². The van der Waals surface area contributed by atoms with Crippen LogP contribution in [0.2, 0.25) is 0 Å². The number of hydrogen-bond donors (Lipinski definition) is 2. The predicted molar refractivity (Wildman–Crippen MR) is 69.7 cm³/mol. The summed E-state index contributed by atoms with van der Waals surface area (Å²) < 4.78 is 5.29. The summed E-state index contributed by atoms with van der Waals surface area (Å²) in [6.07, 6.45) is 3.73. The highest BCUT2D eigenvalue weighted by atomic mass is 16.5. The summed E-state index contributed by atoms with van der Waals surface area (Å²) in [6, 6.07) is 3.56. The Hall–Kier alpha value is -1.62. The lowest BCUT2D eigenvalue weighted by Crippen LogP contribution is -2.26. The molecule has 2 rings (SSSR count). The van der Waals surface area contributed by atoms with E-state index in [1.807, 2.05) is 13.1 Å². The SMILES string of the molecule is CNc1ccc(C(=O)NCCC2CCOC2)nc1. The molecule has 98 valence electrons. The average Bonchev–Trinajstić information content (AvgIpc) is 2.92. The van der Waals surface area contributed by atoms with Crippen molar-refractivity contribution in [1.29, 1.82) is 0 Å². The summed E-state index contributed by atoms with van der Waals surface area (Å²) in [6.45, 7) is 2.36. The highest BCUT2D eigenvalue weighted by Crippen LogP contribution is 2.15. The van der Waals surface area contributed by atoms with Gasteiger partial charge in [0.25, 0.3) is 5.91 Å². The third kappa shape index (κ3) is 3.43. The number of amides is 1. The monoisotopic (exact) mass is 249 g/mol. The Labute approximate surface area is 107 Å². The molecule has 0 bridgehead atoms. The van der Waals surface area contributed by atoms with Crippen LogP contribution in [0.15, 0.2) is 18.3 Å². The van der Waals surface area contributed by atoms with Crippen LogP contribution < -0.4 is 10.6 Å². The number of anilines is 1. The van der Waals surface area contributed by atoms with Gasteiger partial charge in [0.1, 0.15) is 5.69 Å². The van der Waals surface area contributed by atoms with E-state index in [1.165, 1.54) is 0 Å². The van der Waals surface area contributed by atoms with Crippen LogP contribution in [0, 0.1) is 5.92 Å². The van der Waals surface area contributed by atoms with Gasteiger partial charge in [-0.3, -0.25) is 4.79 Å². The van der Waals surface area contributed by atoms with E-state index in [1.54, 1.807) is 12.3 Å². The standard InChI is InChI=1S/C13H19N3O2/c1-14-11-2-3-12(16-8-11)13(17)15-6-4-10-5-7-18-9-10/h2-3,8,10,14H,4-7,9H2,1H3,(H,15,17). The number of carbonyl (C=O) groups is 1. The highest BCUT2D eigenvalue weighted by molar-refractivity contribution is 5.92. The van der Waals surface area contributed by atoms with Crippen molar-refractivity contribution >= 4 is 11.6 Å². The molecule has 0 spiro atoms. The zero-order valence-corrected chi connectivity index (χ0v) is 10.6. The van der Waals surface area contributed by atoms with Gasteiger partial charge in [0.05, 0.1) is 11.9 Å². The topological polar surface area (TPSA) is 63.2 Å². The number of aromatic nitrogens is 1. The third-order valence-electron chi connectivity index (χ3n) is 3.15. The minimum Gasteiger partial charge on any atom is -0.387 e. The Morgan fingerprint density at radius 3 is 3.06 bits per heavy atom. The molecule has 0 saturated carbocycles. The molecule has 1 amide bonds. The summed E-state index contributed by atoms with van der Waals surface area (Å²) in [5.74, 6) is 0.474. The van der Waals surface area contributed by atoms with Crippen LogP contribution in [0.5, 0.6) is 0 Å². The van der Waals surface area contributed by atoms with E-state index >= 15 is 0 Å². The molecule has 1 aliphatic heterocycles. The zero-order valence-electron chi connectivity index (χ0n) is 10.6. The highest BCUT2D eigenvalue weighted by Gasteiger charge is 2.15. The first-order valence-electron chi connectivity index (χ1n) is 6.29. The fraction of sp³-hybridized carbons (Fsp3) is 0.538. The normalized spacial score (nSPS) is 18.6. The minimum absolute atomic E-state index is 0.114. The van der Waals surface area contributed by atoms with Crippen LogP contribution >= 0.6 is 0 Å². The predicted octanol–water partition coefficient (Wildman–Crippen LogP) is 1.28. The molecular weight excluding hydrogens is 230 g/mol. The summed E-state index contributed by atoms with van der Waals surface area (Å²) >= 11 is 0. The van der Waals surface area contributed by atoms with E-state index in [2.05, 4.69) is 15.6 Å². The van der Waals surface area contributed by atoms with Crippen molar-refractivity contribution in [3.05, 3.63) is 24.0 Å². The maximum Gasteiger partial charge on any atom is 0.269 e.